The van der Waals surface area contributed by atoms with E-state index in [0.29, 0.717) is 5.54 Å². The molecule has 0 aliphatic heterocycles. The Kier molecular flexibility index (Phi) is 3.20. The van der Waals surface area contributed by atoms with Gasteiger partial charge < -0.3 is 5.32 Å². The normalized spacial score (nSPS) is 33.9. The zero-order chi connectivity index (χ0) is 10.9. The lowest BCUT2D eigenvalue weighted by Gasteiger charge is -2.29. The van der Waals surface area contributed by atoms with E-state index in [1.54, 1.807) is 0 Å². The smallest absolute Gasteiger partial charge is 0.0125 e. The monoisotopic (exact) mass is 207 g/mol. The van der Waals surface area contributed by atoms with Crippen molar-refractivity contribution in [2.24, 2.45) is 17.8 Å². The molecule has 1 heteroatoms. The van der Waals surface area contributed by atoms with Crippen molar-refractivity contribution in [1.82, 2.24) is 5.32 Å². The van der Waals surface area contributed by atoms with Gasteiger partial charge in [0.1, 0.15) is 0 Å². The summed E-state index contributed by atoms with van der Waals surface area (Å²) in [5.41, 5.74) is 0.334. The Morgan fingerprint density at radius 1 is 1.27 bits per heavy atom. The van der Waals surface area contributed by atoms with Gasteiger partial charge in [-0.2, -0.15) is 0 Å². The molecular weight excluding hydrogens is 182 g/mol. The van der Waals surface area contributed by atoms with Crippen LogP contribution in [-0.4, -0.2) is 12.1 Å². The van der Waals surface area contributed by atoms with Crippen LogP contribution in [0.25, 0.3) is 0 Å². The Hall–Kier alpha value is -0.300. The van der Waals surface area contributed by atoms with E-state index in [1.807, 2.05) is 0 Å². The molecule has 0 radical (unpaired) electrons. The standard InChI is InChI=1S/C14H25N/c1-4-7-14(2,3)15-10-13-9-11-5-6-12(13)8-11/h5-6,11-13,15H,4,7-10H2,1-3H3. The number of nitrogens with one attached hydrogen (secondary N) is 1. The first kappa shape index (κ1) is 11.2. The van der Waals surface area contributed by atoms with E-state index in [1.165, 1.54) is 32.2 Å². The highest BCUT2D eigenvalue weighted by Crippen LogP contribution is 2.43. The van der Waals surface area contributed by atoms with Gasteiger partial charge in [0.2, 0.25) is 0 Å². The van der Waals surface area contributed by atoms with Gasteiger partial charge in [-0.3, -0.25) is 0 Å². The molecule has 0 spiro atoms. The zero-order valence-corrected chi connectivity index (χ0v) is 10.4. The second-order valence-electron chi connectivity index (χ2n) is 6.06. The summed E-state index contributed by atoms with van der Waals surface area (Å²) in [7, 11) is 0. The molecule has 1 nitrogen and oxygen atoms in total. The molecular formula is C14H25N. The van der Waals surface area contributed by atoms with Crippen LogP contribution in [-0.2, 0) is 0 Å². The van der Waals surface area contributed by atoms with Crippen LogP contribution in [0.2, 0.25) is 0 Å². The summed E-state index contributed by atoms with van der Waals surface area (Å²) in [6.45, 7) is 8.15. The summed E-state index contributed by atoms with van der Waals surface area (Å²) in [5, 5.41) is 3.75. The highest BCUT2D eigenvalue weighted by Gasteiger charge is 2.35. The summed E-state index contributed by atoms with van der Waals surface area (Å²) in [5.74, 6) is 2.71. The number of allylic oxidation sites excluding steroid dienone is 2. The van der Waals surface area contributed by atoms with E-state index >= 15 is 0 Å². The van der Waals surface area contributed by atoms with Crippen molar-refractivity contribution in [3.8, 4) is 0 Å². The number of rotatable bonds is 5. The fourth-order valence-electron chi connectivity index (χ4n) is 3.25. The Bertz CT molecular complexity index is 242. The molecule has 0 heterocycles. The Morgan fingerprint density at radius 2 is 2.07 bits per heavy atom. The lowest BCUT2D eigenvalue weighted by atomic mass is 9.91. The van der Waals surface area contributed by atoms with Gasteiger partial charge in [-0.25, -0.2) is 0 Å². The molecule has 0 aromatic heterocycles. The molecule has 86 valence electrons. The van der Waals surface area contributed by atoms with Crippen LogP contribution >= 0.6 is 0 Å². The van der Waals surface area contributed by atoms with E-state index in [-0.39, 0.29) is 0 Å². The van der Waals surface area contributed by atoms with Crippen LogP contribution in [0.4, 0.5) is 0 Å². The van der Waals surface area contributed by atoms with Gasteiger partial charge in [-0.15, -0.1) is 0 Å². The average molecular weight is 207 g/mol. The number of hydrogen-bond acceptors (Lipinski definition) is 1. The fourth-order valence-corrected chi connectivity index (χ4v) is 3.25. The molecule has 2 bridgehead atoms. The number of hydrogen-bond donors (Lipinski definition) is 1. The maximum absolute atomic E-state index is 3.75. The predicted octanol–water partition coefficient (Wildman–Crippen LogP) is 3.37. The van der Waals surface area contributed by atoms with Crippen molar-refractivity contribution in [2.45, 2.75) is 52.0 Å². The third-order valence-electron chi connectivity index (χ3n) is 4.13. The highest BCUT2D eigenvalue weighted by molar-refractivity contribution is 5.10. The van der Waals surface area contributed by atoms with Gasteiger partial charge in [0.25, 0.3) is 0 Å². The molecule has 3 atom stereocenters. The largest absolute Gasteiger partial charge is 0.311 e. The molecule has 1 fully saturated rings. The minimum absolute atomic E-state index is 0.334. The highest BCUT2D eigenvalue weighted by atomic mass is 15.0. The van der Waals surface area contributed by atoms with Gasteiger partial charge in [0.15, 0.2) is 0 Å². The lowest BCUT2D eigenvalue weighted by molar-refractivity contribution is 0.307. The Balaban J connectivity index is 1.77. The molecule has 2 aliphatic carbocycles. The van der Waals surface area contributed by atoms with Crippen molar-refractivity contribution in [1.29, 1.82) is 0 Å². The van der Waals surface area contributed by atoms with Gasteiger partial charge >= 0.3 is 0 Å². The van der Waals surface area contributed by atoms with Crippen LogP contribution in [0.5, 0.6) is 0 Å². The van der Waals surface area contributed by atoms with Crippen LogP contribution in [0.3, 0.4) is 0 Å². The SMILES string of the molecule is CCCC(C)(C)NCC1CC2C=CC1C2. The molecule has 3 unspecified atom stereocenters. The summed E-state index contributed by atoms with van der Waals surface area (Å²) < 4.78 is 0. The van der Waals surface area contributed by atoms with Gasteiger partial charge in [-0.05, 0) is 57.4 Å². The van der Waals surface area contributed by atoms with Gasteiger partial charge in [0.05, 0.1) is 0 Å². The molecule has 0 aromatic rings. The zero-order valence-electron chi connectivity index (χ0n) is 10.4. The summed E-state index contributed by atoms with van der Waals surface area (Å²) >= 11 is 0. The van der Waals surface area contributed by atoms with Crippen molar-refractivity contribution < 1.29 is 0 Å². The first-order chi connectivity index (χ1) is 7.11. The van der Waals surface area contributed by atoms with Gasteiger partial charge in [0, 0.05) is 5.54 Å². The third kappa shape index (κ3) is 2.63. The first-order valence-corrected chi connectivity index (χ1v) is 6.54. The van der Waals surface area contributed by atoms with Crippen molar-refractivity contribution in [3.05, 3.63) is 12.2 Å². The van der Waals surface area contributed by atoms with Crippen LogP contribution in [0, 0.1) is 17.8 Å². The molecule has 0 amide bonds. The Morgan fingerprint density at radius 3 is 2.60 bits per heavy atom. The van der Waals surface area contributed by atoms with Crippen molar-refractivity contribution in [3.63, 3.8) is 0 Å². The topological polar surface area (TPSA) is 12.0 Å². The van der Waals surface area contributed by atoms with Crippen LogP contribution < -0.4 is 5.32 Å². The maximum Gasteiger partial charge on any atom is 0.0125 e. The second-order valence-corrected chi connectivity index (χ2v) is 6.06. The molecule has 1 N–H and O–H groups in total. The van der Waals surface area contributed by atoms with Crippen LogP contribution in [0.1, 0.15) is 46.5 Å². The average Bonchev–Trinajstić information content (AvgIpc) is 2.75. The summed E-state index contributed by atoms with van der Waals surface area (Å²) in [6.07, 6.45) is 10.3. The lowest BCUT2D eigenvalue weighted by Crippen LogP contribution is -2.42. The van der Waals surface area contributed by atoms with Crippen LogP contribution in [0.15, 0.2) is 12.2 Å². The number of fused-ring (bicyclic) bond motifs is 2. The molecule has 2 rings (SSSR count). The second kappa shape index (κ2) is 4.29. The summed E-state index contributed by atoms with van der Waals surface area (Å²) in [4.78, 5) is 0. The molecule has 0 aromatic carbocycles. The molecule has 0 saturated heterocycles. The minimum atomic E-state index is 0.334. The quantitative estimate of drug-likeness (QED) is 0.682. The minimum Gasteiger partial charge on any atom is -0.311 e. The maximum atomic E-state index is 3.75. The predicted molar refractivity (Wildman–Crippen MR) is 65.8 cm³/mol. The third-order valence-corrected chi connectivity index (χ3v) is 4.13. The molecule has 2 aliphatic rings. The summed E-state index contributed by atoms with van der Waals surface area (Å²) in [6, 6.07) is 0. The van der Waals surface area contributed by atoms with E-state index in [2.05, 4.69) is 38.2 Å². The Labute approximate surface area is 94.3 Å². The molecule has 15 heavy (non-hydrogen) atoms. The van der Waals surface area contributed by atoms with Gasteiger partial charge in [-0.1, -0.05) is 25.5 Å². The van der Waals surface area contributed by atoms with Crippen molar-refractivity contribution in [2.75, 3.05) is 6.54 Å². The van der Waals surface area contributed by atoms with E-state index in [0.717, 1.165) is 17.8 Å². The fraction of sp³-hybridized carbons (Fsp3) is 0.857. The van der Waals surface area contributed by atoms with E-state index < -0.39 is 0 Å². The molecule has 1 saturated carbocycles. The van der Waals surface area contributed by atoms with Crippen molar-refractivity contribution >= 4 is 0 Å². The van der Waals surface area contributed by atoms with E-state index in [9.17, 15) is 0 Å². The van der Waals surface area contributed by atoms with E-state index in [4.69, 9.17) is 0 Å². The first-order valence-electron chi connectivity index (χ1n) is 6.54.